The summed E-state index contributed by atoms with van der Waals surface area (Å²) in [6.45, 7) is 0.258. The van der Waals surface area contributed by atoms with Crippen molar-refractivity contribution in [2.45, 2.75) is 23.9 Å². The molecule has 0 saturated heterocycles. The van der Waals surface area contributed by atoms with Gasteiger partial charge in [0.15, 0.2) is 5.16 Å². The molecule has 2 aromatic carbocycles. The Hall–Kier alpha value is -3.00. The highest BCUT2D eigenvalue weighted by atomic mass is 32.2. The van der Waals surface area contributed by atoms with Crippen LogP contribution in [0.5, 0.6) is 0 Å². The van der Waals surface area contributed by atoms with Crippen LogP contribution in [-0.2, 0) is 23.5 Å². The number of thioether (sulfide) groups is 1. The molecule has 0 saturated carbocycles. The van der Waals surface area contributed by atoms with Crippen molar-refractivity contribution >= 4 is 17.7 Å². The highest BCUT2D eigenvalue weighted by Crippen LogP contribution is 2.18. The molecule has 0 atom stereocenters. The van der Waals surface area contributed by atoms with E-state index in [1.807, 2.05) is 0 Å². The molecule has 1 amide bonds. The fourth-order valence-corrected chi connectivity index (χ4v) is 3.26. The molecule has 5 nitrogen and oxygen atoms in total. The molecule has 2 N–H and O–H groups in total. The second kappa shape index (κ2) is 9.27. The first-order valence-electron chi connectivity index (χ1n) is 8.46. The minimum Gasteiger partial charge on any atom is -0.352 e. The number of benzene rings is 2. The number of halogens is 2. The van der Waals surface area contributed by atoms with Gasteiger partial charge in [0.2, 0.25) is 5.91 Å². The lowest BCUT2D eigenvalue weighted by atomic mass is 10.2. The Bertz CT molecular complexity index is 1010. The average molecular weight is 401 g/mol. The van der Waals surface area contributed by atoms with Gasteiger partial charge in [0.25, 0.3) is 5.56 Å². The molecule has 8 heteroatoms. The van der Waals surface area contributed by atoms with Gasteiger partial charge >= 0.3 is 0 Å². The largest absolute Gasteiger partial charge is 0.352 e. The quantitative estimate of drug-likeness (QED) is 0.471. The van der Waals surface area contributed by atoms with E-state index in [9.17, 15) is 18.4 Å². The summed E-state index contributed by atoms with van der Waals surface area (Å²) in [5, 5.41) is 3.10. The van der Waals surface area contributed by atoms with Crippen LogP contribution in [0.25, 0.3) is 0 Å². The van der Waals surface area contributed by atoms with E-state index < -0.39 is 0 Å². The number of carbonyl (C=O) groups excluding carboxylic acids is 1. The van der Waals surface area contributed by atoms with Gasteiger partial charge in [0, 0.05) is 18.4 Å². The predicted octanol–water partition coefficient (Wildman–Crippen LogP) is 3.20. The lowest BCUT2D eigenvalue weighted by molar-refractivity contribution is -0.120. The van der Waals surface area contributed by atoms with Gasteiger partial charge in [-0.05, 0) is 35.4 Å². The lowest BCUT2D eigenvalue weighted by Gasteiger charge is -2.07. The lowest BCUT2D eigenvalue weighted by Crippen LogP contribution is -2.25. The van der Waals surface area contributed by atoms with Gasteiger partial charge in [-0.3, -0.25) is 9.59 Å². The Labute approximate surface area is 164 Å². The summed E-state index contributed by atoms with van der Waals surface area (Å²) in [5.74, 6) is -0.442. The number of hydrogen-bond acceptors (Lipinski definition) is 4. The number of aromatic amines is 1. The Kier molecular flexibility index (Phi) is 6.54. The molecule has 0 aliphatic heterocycles. The molecule has 0 fully saturated rings. The fourth-order valence-electron chi connectivity index (χ4n) is 2.40. The van der Waals surface area contributed by atoms with Crippen molar-refractivity contribution in [3.63, 3.8) is 0 Å². The molecule has 0 spiro atoms. The van der Waals surface area contributed by atoms with Crippen molar-refractivity contribution in [1.29, 1.82) is 0 Å². The minimum absolute atomic E-state index is 0.0464. The van der Waals surface area contributed by atoms with Crippen molar-refractivity contribution in [1.82, 2.24) is 15.3 Å². The Morgan fingerprint density at radius 3 is 2.25 bits per heavy atom. The zero-order valence-electron chi connectivity index (χ0n) is 14.7. The molecule has 0 unspecified atom stereocenters. The van der Waals surface area contributed by atoms with Gasteiger partial charge in [-0.1, -0.05) is 36.0 Å². The van der Waals surface area contributed by atoms with Crippen molar-refractivity contribution in [2.75, 3.05) is 0 Å². The van der Waals surface area contributed by atoms with Crippen LogP contribution < -0.4 is 10.9 Å². The number of rotatable bonds is 7. The molecule has 0 bridgehead atoms. The zero-order chi connectivity index (χ0) is 19.9. The first-order chi connectivity index (χ1) is 13.5. The fraction of sp³-hybridized carbons (Fsp3) is 0.150. The molecule has 1 heterocycles. The summed E-state index contributed by atoms with van der Waals surface area (Å²) >= 11 is 1.29. The van der Waals surface area contributed by atoms with Crippen LogP contribution in [0.15, 0.2) is 64.5 Å². The maximum Gasteiger partial charge on any atom is 0.251 e. The van der Waals surface area contributed by atoms with Crippen molar-refractivity contribution in [3.8, 4) is 0 Å². The van der Waals surface area contributed by atoms with E-state index in [0.717, 1.165) is 11.1 Å². The number of nitrogens with zero attached hydrogens (tertiary/aromatic N) is 1. The van der Waals surface area contributed by atoms with Gasteiger partial charge in [-0.25, -0.2) is 13.8 Å². The Balaban J connectivity index is 1.57. The summed E-state index contributed by atoms with van der Waals surface area (Å²) in [4.78, 5) is 30.9. The van der Waals surface area contributed by atoms with E-state index in [-0.39, 0.29) is 36.1 Å². The second-order valence-electron chi connectivity index (χ2n) is 6.04. The molecule has 0 aliphatic rings. The van der Waals surface area contributed by atoms with E-state index >= 15 is 0 Å². The second-order valence-corrected chi connectivity index (χ2v) is 7.00. The first-order valence-corrected chi connectivity index (χ1v) is 9.45. The summed E-state index contributed by atoms with van der Waals surface area (Å²) in [6.07, 6.45) is -0.0464. The summed E-state index contributed by atoms with van der Waals surface area (Å²) in [5.41, 5.74) is 1.65. The summed E-state index contributed by atoms with van der Waals surface area (Å²) in [7, 11) is 0. The highest BCUT2D eigenvalue weighted by molar-refractivity contribution is 7.98. The topological polar surface area (TPSA) is 74.8 Å². The first kappa shape index (κ1) is 19.8. The summed E-state index contributed by atoms with van der Waals surface area (Å²) < 4.78 is 25.8. The van der Waals surface area contributed by atoms with Crippen LogP contribution in [0.3, 0.4) is 0 Å². The number of amides is 1. The monoisotopic (exact) mass is 401 g/mol. The van der Waals surface area contributed by atoms with Gasteiger partial charge in [0.05, 0.1) is 12.1 Å². The maximum absolute atomic E-state index is 12.9. The van der Waals surface area contributed by atoms with E-state index in [1.165, 1.54) is 42.1 Å². The third-order valence-corrected chi connectivity index (χ3v) is 4.75. The van der Waals surface area contributed by atoms with Crippen LogP contribution in [0.4, 0.5) is 8.78 Å². The number of H-pyrrole nitrogens is 1. The molecule has 1 aromatic heterocycles. The molecule has 3 rings (SSSR count). The van der Waals surface area contributed by atoms with Gasteiger partial charge in [0.1, 0.15) is 11.6 Å². The predicted molar refractivity (Wildman–Crippen MR) is 103 cm³/mol. The van der Waals surface area contributed by atoms with E-state index in [1.54, 1.807) is 24.3 Å². The number of hydrogen-bond donors (Lipinski definition) is 2. The Morgan fingerprint density at radius 1 is 1.00 bits per heavy atom. The van der Waals surface area contributed by atoms with Gasteiger partial charge < -0.3 is 10.3 Å². The van der Waals surface area contributed by atoms with Crippen LogP contribution in [-0.4, -0.2) is 15.9 Å². The Morgan fingerprint density at radius 2 is 1.61 bits per heavy atom. The maximum atomic E-state index is 12.9. The van der Waals surface area contributed by atoms with E-state index in [4.69, 9.17) is 0 Å². The highest BCUT2D eigenvalue weighted by Gasteiger charge is 2.08. The molecule has 144 valence electrons. The average Bonchev–Trinajstić information content (AvgIpc) is 2.67. The third-order valence-electron chi connectivity index (χ3n) is 3.81. The van der Waals surface area contributed by atoms with Crippen molar-refractivity contribution in [3.05, 3.63) is 93.4 Å². The molecule has 28 heavy (non-hydrogen) atoms. The van der Waals surface area contributed by atoms with Crippen molar-refractivity contribution < 1.29 is 13.6 Å². The van der Waals surface area contributed by atoms with Crippen LogP contribution in [0, 0.1) is 11.6 Å². The van der Waals surface area contributed by atoms with Crippen LogP contribution in [0.1, 0.15) is 16.8 Å². The molecule has 0 radical (unpaired) electrons. The normalized spacial score (nSPS) is 10.6. The SMILES string of the molecule is O=C(Cc1cc(=O)[nH]c(SCc2ccc(F)cc2)n1)NCc1ccc(F)cc1. The smallest absolute Gasteiger partial charge is 0.251 e. The third kappa shape index (κ3) is 6.02. The standard InChI is InChI=1S/C20H17F2N3O2S/c21-15-5-1-13(2-6-15)11-23-18(26)9-17-10-19(27)25-20(24-17)28-12-14-3-7-16(22)8-4-14/h1-8,10H,9,11-12H2,(H,23,26)(H,24,25,27). The van der Waals surface area contributed by atoms with Crippen LogP contribution in [0.2, 0.25) is 0 Å². The van der Waals surface area contributed by atoms with Gasteiger partial charge in [-0.2, -0.15) is 0 Å². The molecule has 3 aromatic rings. The minimum atomic E-state index is -0.349. The number of nitrogens with one attached hydrogen (secondary N) is 2. The summed E-state index contributed by atoms with van der Waals surface area (Å²) in [6, 6.07) is 13.2. The van der Waals surface area contributed by atoms with E-state index in [0.29, 0.717) is 16.6 Å². The molecule has 0 aliphatic carbocycles. The van der Waals surface area contributed by atoms with E-state index in [2.05, 4.69) is 15.3 Å². The van der Waals surface area contributed by atoms with Crippen LogP contribution >= 0.6 is 11.8 Å². The molecular weight excluding hydrogens is 384 g/mol. The zero-order valence-corrected chi connectivity index (χ0v) is 15.6. The van der Waals surface area contributed by atoms with Crippen molar-refractivity contribution in [2.24, 2.45) is 0 Å². The van der Waals surface area contributed by atoms with Gasteiger partial charge in [-0.15, -0.1) is 0 Å². The molecular formula is C20H17F2N3O2S. The number of aromatic nitrogens is 2. The number of carbonyl (C=O) groups is 1.